The van der Waals surface area contributed by atoms with Crippen molar-refractivity contribution in [3.05, 3.63) is 10.5 Å². The van der Waals surface area contributed by atoms with Crippen LogP contribution in [-0.2, 0) is 0 Å². The highest BCUT2D eigenvalue weighted by Crippen LogP contribution is 2.04. The molecule has 0 fully saturated rings. The second-order valence-corrected chi connectivity index (χ2v) is 3.56. The normalized spacial score (nSPS) is 10.2. The number of carbonyl (C=O) groups excluding carboxylic acids is 1. The van der Waals surface area contributed by atoms with Gasteiger partial charge < -0.3 is 9.75 Å². The van der Waals surface area contributed by atoms with E-state index < -0.39 is 11.1 Å². The number of rotatable bonds is 4. The second kappa shape index (κ2) is 5.02. The van der Waals surface area contributed by atoms with Crippen LogP contribution in [0.5, 0.6) is 6.01 Å². The van der Waals surface area contributed by atoms with Crippen LogP contribution >= 0.6 is 11.6 Å². The molecule has 0 aliphatic rings. The van der Waals surface area contributed by atoms with Gasteiger partial charge in [0.05, 0.1) is 6.61 Å². The maximum absolute atomic E-state index is 11.7. The van der Waals surface area contributed by atoms with Crippen LogP contribution in [0, 0.1) is 0 Å². The van der Waals surface area contributed by atoms with E-state index >= 15 is 0 Å². The Bertz CT molecular complexity index is 437. The smallest absolute Gasteiger partial charge is 0.376 e. The van der Waals surface area contributed by atoms with Crippen molar-refractivity contribution in [2.75, 3.05) is 25.7 Å². The van der Waals surface area contributed by atoms with E-state index in [0.717, 1.165) is 11.1 Å². The van der Waals surface area contributed by atoms with Crippen LogP contribution in [-0.4, -0.2) is 40.5 Å². The van der Waals surface area contributed by atoms with Gasteiger partial charge >= 0.3 is 17.1 Å². The Kier molecular flexibility index (Phi) is 3.94. The molecule has 1 heterocycles. The summed E-state index contributed by atoms with van der Waals surface area (Å²) >= 11 is 5.21. The molecule has 0 aliphatic heterocycles. The molecule has 0 saturated carbocycles. The molecule has 1 rings (SSSR count). The molecule has 90 valence electrons. The van der Waals surface area contributed by atoms with Gasteiger partial charge in [-0.1, -0.05) is 6.92 Å². The van der Waals surface area contributed by atoms with Crippen LogP contribution in [0.2, 0.25) is 0 Å². The van der Waals surface area contributed by atoms with Crippen molar-refractivity contribution in [3.63, 3.8) is 0 Å². The Morgan fingerprint density at radius 1 is 1.56 bits per heavy atom. The molecular formula is C8H13ClN4O3. The van der Waals surface area contributed by atoms with Gasteiger partial charge in [-0.15, -0.1) is 9.78 Å². The summed E-state index contributed by atoms with van der Waals surface area (Å²) in [6.07, 6.45) is 0.767. The zero-order valence-corrected chi connectivity index (χ0v) is 10.1. The summed E-state index contributed by atoms with van der Waals surface area (Å²) in [4.78, 5) is 22.6. The van der Waals surface area contributed by atoms with Gasteiger partial charge in [0, 0.05) is 14.1 Å². The number of hydrogen-bond donors (Lipinski definition) is 0. The zero-order chi connectivity index (χ0) is 12.3. The highest BCUT2D eigenvalue weighted by Gasteiger charge is 2.19. The summed E-state index contributed by atoms with van der Waals surface area (Å²) in [5.41, 5.74) is -0.656. The van der Waals surface area contributed by atoms with E-state index in [-0.39, 0.29) is 6.01 Å². The van der Waals surface area contributed by atoms with Gasteiger partial charge in [0.2, 0.25) is 0 Å². The number of hydrogen-bond acceptors (Lipinski definition) is 5. The van der Waals surface area contributed by atoms with Crippen molar-refractivity contribution < 1.29 is 9.53 Å². The molecular weight excluding hydrogens is 236 g/mol. The fourth-order valence-electron chi connectivity index (χ4n) is 1.08. The summed E-state index contributed by atoms with van der Waals surface area (Å²) in [6.45, 7) is 2.32. The van der Waals surface area contributed by atoms with Gasteiger partial charge in [0.25, 0.3) is 0 Å². The SMILES string of the molecule is CCCOc1nn(C(=O)Cl)c(=O)n1N(C)C. The topological polar surface area (TPSA) is 69.4 Å². The Labute approximate surface area is 97.1 Å². The molecule has 0 bridgehead atoms. The van der Waals surface area contributed by atoms with Crippen molar-refractivity contribution in [2.45, 2.75) is 13.3 Å². The molecule has 0 atom stereocenters. The first-order valence-corrected chi connectivity index (χ1v) is 5.09. The molecule has 0 spiro atoms. The van der Waals surface area contributed by atoms with E-state index in [1.54, 1.807) is 14.1 Å². The van der Waals surface area contributed by atoms with Gasteiger partial charge in [-0.2, -0.15) is 4.68 Å². The minimum absolute atomic E-state index is 0.0471. The van der Waals surface area contributed by atoms with Gasteiger partial charge in [0.1, 0.15) is 0 Å². The average molecular weight is 249 g/mol. The van der Waals surface area contributed by atoms with Crippen LogP contribution in [0.1, 0.15) is 13.3 Å². The van der Waals surface area contributed by atoms with E-state index in [1.165, 1.54) is 5.01 Å². The van der Waals surface area contributed by atoms with Crippen molar-refractivity contribution in [2.24, 2.45) is 0 Å². The molecule has 7 nitrogen and oxygen atoms in total. The van der Waals surface area contributed by atoms with Crippen molar-refractivity contribution in [1.29, 1.82) is 0 Å². The second-order valence-electron chi connectivity index (χ2n) is 3.24. The highest BCUT2D eigenvalue weighted by molar-refractivity contribution is 6.63. The predicted molar refractivity (Wildman–Crippen MR) is 59.0 cm³/mol. The Balaban J connectivity index is 3.20. The molecule has 0 amide bonds. The number of nitrogens with zero attached hydrogens (tertiary/aromatic N) is 4. The van der Waals surface area contributed by atoms with Crippen molar-refractivity contribution >= 4 is 17.0 Å². The Morgan fingerprint density at radius 3 is 2.62 bits per heavy atom. The lowest BCUT2D eigenvalue weighted by atomic mass is 10.5. The summed E-state index contributed by atoms with van der Waals surface area (Å²) in [6, 6.07) is 0.0471. The Hall–Kier alpha value is -1.50. The molecule has 1 aromatic heterocycles. The maximum atomic E-state index is 11.7. The highest BCUT2D eigenvalue weighted by atomic mass is 35.5. The minimum Gasteiger partial charge on any atom is -0.462 e. The summed E-state index contributed by atoms with van der Waals surface area (Å²) in [5.74, 6) is 0. The molecule has 0 N–H and O–H groups in total. The largest absolute Gasteiger partial charge is 0.462 e. The number of carbonyl (C=O) groups is 1. The van der Waals surface area contributed by atoms with E-state index in [9.17, 15) is 9.59 Å². The molecule has 0 aliphatic carbocycles. The first-order chi connectivity index (χ1) is 7.49. The third kappa shape index (κ3) is 2.35. The molecule has 1 aromatic rings. The standard InChI is InChI=1S/C8H13ClN4O3/c1-4-5-16-7-10-12(6(9)14)8(15)13(7)11(2)3/h4-5H2,1-3H3. The third-order valence-corrected chi connectivity index (χ3v) is 1.89. The maximum Gasteiger partial charge on any atom is 0.376 e. The lowest BCUT2D eigenvalue weighted by Crippen LogP contribution is -2.38. The van der Waals surface area contributed by atoms with E-state index in [2.05, 4.69) is 5.10 Å². The lowest BCUT2D eigenvalue weighted by molar-refractivity contribution is 0.255. The Morgan fingerprint density at radius 2 is 2.19 bits per heavy atom. The first kappa shape index (κ1) is 12.6. The van der Waals surface area contributed by atoms with E-state index in [1.807, 2.05) is 6.92 Å². The van der Waals surface area contributed by atoms with Crippen LogP contribution in [0.25, 0.3) is 0 Å². The fraction of sp³-hybridized carbons (Fsp3) is 0.625. The summed E-state index contributed by atoms with van der Waals surface area (Å²) < 4.78 is 6.91. The molecule has 0 radical (unpaired) electrons. The van der Waals surface area contributed by atoms with Crippen molar-refractivity contribution in [3.8, 4) is 6.01 Å². The average Bonchev–Trinajstić information content (AvgIpc) is 2.52. The molecule has 0 aromatic carbocycles. The number of ether oxygens (including phenoxy) is 1. The minimum atomic E-state index is -0.966. The van der Waals surface area contributed by atoms with Crippen LogP contribution in [0.3, 0.4) is 0 Å². The van der Waals surface area contributed by atoms with E-state index in [4.69, 9.17) is 16.3 Å². The number of halogens is 1. The lowest BCUT2D eigenvalue weighted by Gasteiger charge is -2.13. The summed E-state index contributed by atoms with van der Waals surface area (Å²) in [7, 11) is 3.26. The van der Waals surface area contributed by atoms with E-state index in [0.29, 0.717) is 11.3 Å². The molecule has 16 heavy (non-hydrogen) atoms. The van der Waals surface area contributed by atoms with Gasteiger partial charge in [-0.25, -0.2) is 4.79 Å². The molecule has 0 saturated heterocycles. The van der Waals surface area contributed by atoms with Gasteiger partial charge in [-0.05, 0) is 18.0 Å². The predicted octanol–water partition coefficient (Wildman–Crippen LogP) is 0.238. The monoisotopic (exact) mass is 248 g/mol. The van der Waals surface area contributed by atoms with Crippen LogP contribution in [0.15, 0.2) is 4.79 Å². The first-order valence-electron chi connectivity index (χ1n) is 4.71. The van der Waals surface area contributed by atoms with Crippen LogP contribution in [0.4, 0.5) is 4.79 Å². The zero-order valence-electron chi connectivity index (χ0n) is 9.31. The quantitative estimate of drug-likeness (QED) is 0.714. The molecule has 0 unspecified atom stereocenters. The van der Waals surface area contributed by atoms with Crippen molar-refractivity contribution in [1.82, 2.24) is 14.5 Å². The number of aromatic nitrogens is 3. The van der Waals surface area contributed by atoms with Gasteiger partial charge in [-0.3, -0.25) is 4.79 Å². The fourth-order valence-corrected chi connectivity index (χ4v) is 1.19. The third-order valence-electron chi connectivity index (χ3n) is 1.73. The van der Waals surface area contributed by atoms with Gasteiger partial charge in [0.15, 0.2) is 0 Å². The summed E-state index contributed by atoms with van der Waals surface area (Å²) in [5, 5.41) is 4.18. The van der Waals surface area contributed by atoms with Crippen LogP contribution < -0.4 is 15.4 Å². The molecule has 8 heteroatoms.